The van der Waals surface area contributed by atoms with Gasteiger partial charge in [-0.25, -0.2) is 0 Å². The van der Waals surface area contributed by atoms with Crippen LogP contribution in [0, 0.1) is 5.92 Å². The van der Waals surface area contributed by atoms with E-state index < -0.39 is 0 Å². The molecule has 1 nitrogen and oxygen atoms in total. The van der Waals surface area contributed by atoms with E-state index in [1.807, 2.05) is 0 Å². The third-order valence-corrected chi connectivity index (χ3v) is 3.07. The maximum absolute atomic E-state index is 3.50. The predicted molar refractivity (Wildman–Crippen MR) is 53.9 cm³/mol. The molecular formula is C12H13N. The van der Waals surface area contributed by atoms with Crippen LogP contribution >= 0.6 is 0 Å². The van der Waals surface area contributed by atoms with Gasteiger partial charge in [-0.1, -0.05) is 18.2 Å². The van der Waals surface area contributed by atoms with Gasteiger partial charge in [-0.05, 0) is 37.0 Å². The van der Waals surface area contributed by atoms with Crippen LogP contribution in [0.2, 0.25) is 0 Å². The van der Waals surface area contributed by atoms with Crippen LogP contribution in [-0.4, -0.2) is 0 Å². The lowest BCUT2D eigenvalue weighted by Crippen LogP contribution is -2.10. The number of hydrogen-bond acceptors (Lipinski definition) is 1. The van der Waals surface area contributed by atoms with E-state index in [9.17, 15) is 0 Å². The van der Waals surface area contributed by atoms with Crippen LogP contribution in [0.15, 0.2) is 47.3 Å². The molecule has 0 amide bonds. The molecule has 0 spiro atoms. The molecule has 0 aromatic heterocycles. The number of hydrogen-bond donors (Lipinski definition) is 1. The van der Waals surface area contributed by atoms with E-state index in [1.54, 1.807) is 5.57 Å². The molecule has 0 fully saturated rings. The molecule has 1 heterocycles. The Hall–Kier alpha value is -1.24. The van der Waals surface area contributed by atoms with Crippen molar-refractivity contribution in [3.63, 3.8) is 0 Å². The molecule has 3 rings (SSSR count). The molecule has 0 radical (unpaired) electrons. The van der Waals surface area contributed by atoms with Gasteiger partial charge in [0.05, 0.1) is 0 Å². The molecule has 1 unspecified atom stereocenters. The lowest BCUT2D eigenvalue weighted by molar-refractivity contribution is 0.687. The van der Waals surface area contributed by atoms with Crippen molar-refractivity contribution in [3.05, 3.63) is 47.3 Å². The molecule has 0 bridgehead atoms. The summed E-state index contributed by atoms with van der Waals surface area (Å²) in [6.45, 7) is 0. The highest BCUT2D eigenvalue weighted by atomic mass is 14.9. The molecule has 1 heteroatoms. The fourth-order valence-electron chi connectivity index (χ4n) is 2.41. The Kier molecular flexibility index (Phi) is 1.45. The molecule has 1 atom stereocenters. The number of nitrogens with one attached hydrogen (secondary N) is 1. The van der Waals surface area contributed by atoms with E-state index >= 15 is 0 Å². The van der Waals surface area contributed by atoms with Gasteiger partial charge in [0.25, 0.3) is 0 Å². The average molecular weight is 171 g/mol. The van der Waals surface area contributed by atoms with Gasteiger partial charge >= 0.3 is 0 Å². The largest absolute Gasteiger partial charge is 0.358 e. The van der Waals surface area contributed by atoms with E-state index in [4.69, 9.17) is 0 Å². The maximum atomic E-state index is 3.50. The van der Waals surface area contributed by atoms with Crippen LogP contribution in [0.5, 0.6) is 0 Å². The van der Waals surface area contributed by atoms with Crippen molar-refractivity contribution < 1.29 is 0 Å². The van der Waals surface area contributed by atoms with Crippen LogP contribution < -0.4 is 5.32 Å². The van der Waals surface area contributed by atoms with Crippen molar-refractivity contribution in [2.24, 2.45) is 5.92 Å². The first-order valence-electron chi connectivity index (χ1n) is 4.98. The quantitative estimate of drug-likeness (QED) is 0.591. The zero-order valence-electron chi connectivity index (χ0n) is 7.59. The molecule has 0 aromatic rings. The zero-order valence-corrected chi connectivity index (χ0v) is 7.59. The Bertz CT molecular complexity index is 355. The van der Waals surface area contributed by atoms with Crippen LogP contribution in [0.3, 0.4) is 0 Å². The van der Waals surface area contributed by atoms with Gasteiger partial charge in [-0.3, -0.25) is 0 Å². The third-order valence-electron chi connectivity index (χ3n) is 3.07. The highest BCUT2D eigenvalue weighted by Gasteiger charge is 2.29. The molecule has 2 aliphatic carbocycles. The van der Waals surface area contributed by atoms with Gasteiger partial charge in [0, 0.05) is 17.3 Å². The predicted octanol–water partition coefficient (Wildman–Crippen LogP) is 2.65. The zero-order chi connectivity index (χ0) is 8.67. The summed E-state index contributed by atoms with van der Waals surface area (Å²) in [6, 6.07) is 0. The molecule has 1 aliphatic heterocycles. The highest BCUT2D eigenvalue weighted by molar-refractivity contribution is 5.44. The second kappa shape index (κ2) is 2.63. The minimum Gasteiger partial charge on any atom is -0.358 e. The third kappa shape index (κ3) is 0.998. The fourth-order valence-corrected chi connectivity index (χ4v) is 2.41. The van der Waals surface area contributed by atoms with Gasteiger partial charge in [0.2, 0.25) is 0 Å². The van der Waals surface area contributed by atoms with Gasteiger partial charge < -0.3 is 5.32 Å². The second-order valence-electron chi connectivity index (χ2n) is 3.84. The molecule has 3 aliphatic rings. The molecule has 13 heavy (non-hydrogen) atoms. The van der Waals surface area contributed by atoms with Crippen LogP contribution in [-0.2, 0) is 0 Å². The summed E-state index contributed by atoms with van der Waals surface area (Å²) in [5, 5.41) is 3.50. The van der Waals surface area contributed by atoms with Crippen molar-refractivity contribution in [1.29, 1.82) is 0 Å². The number of rotatable bonds is 0. The summed E-state index contributed by atoms with van der Waals surface area (Å²) >= 11 is 0. The first kappa shape index (κ1) is 7.19. The number of fused-ring (bicyclic) bond motifs is 2. The Morgan fingerprint density at radius 1 is 1.31 bits per heavy atom. The number of allylic oxidation sites excluding steroid dienone is 6. The van der Waals surface area contributed by atoms with Crippen molar-refractivity contribution in [3.8, 4) is 0 Å². The normalized spacial score (nSPS) is 29.5. The molecule has 0 saturated carbocycles. The molecule has 0 saturated heterocycles. The van der Waals surface area contributed by atoms with Crippen molar-refractivity contribution >= 4 is 0 Å². The summed E-state index contributed by atoms with van der Waals surface area (Å²) in [6.07, 6.45) is 14.8. The molecule has 0 aromatic carbocycles. The lowest BCUT2D eigenvalue weighted by Gasteiger charge is -2.16. The first-order valence-corrected chi connectivity index (χ1v) is 4.98. The second-order valence-corrected chi connectivity index (χ2v) is 3.84. The lowest BCUT2D eigenvalue weighted by atomic mass is 9.87. The van der Waals surface area contributed by atoms with Gasteiger partial charge in [0.1, 0.15) is 0 Å². The van der Waals surface area contributed by atoms with Crippen LogP contribution in [0.1, 0.15) is 19.3 Å². The van der Waals surface area contributed by atoms with Gasteiger partial charge in [-0.2, -0.15) is 0 Å². The van der Waals surface area contributed by atoms with Crippen LogP contribution in [0.4, 0.5) is 0 Å². The van der Waals surface area contributed by atoms with Gasteiger partial charge in [0.15, 0.2) is 0 Å². The van der Waals surface area contributed by atoms with Crippen molar-refractivity contribution in [2.75, 3.05) is 0 Å². The monoisotopic (exact) mass is 171 g/mol. The molecular weight excluding hydrogens is 158 g/mol. The van der Waals surface area contributed by atoms with E-state index in [2.05, 4.69) is 35.7 Å². The average Bonchev–Trinajstić information content (AvgIpc) is 2.56. The Labute approximate surface area is 78.5 Å². The Morgan fingerprint density at radius 3 is 3.31 bits per heavy atom. The molecule has 1 N–H and O–H groups in total. The fraction of sp³-hybridized carbons (Fsp3) is 0.333. The van der Waals surface area contributed by atoms with Gasteiger partial charge in [-0.15, -0.1) is 0 Å². The summed E-state index contributed by atoms with van der Waals surface area (Å²) in [7, 11) is 0. The van der Waals surface area contributed by atoms with E-state index in [0.717, 1.165) is 0 Å². The maximum Gasteiger partial charge on any atom is 0.0377 e. The minimum absolute atomic E-state index is 0.671. The summed E-state index contributed by atoms with van der Waals surface area (Å²) in [5.74, 6) is 0.671. The standard InChI is InChI=1S/C12H13N/c1-3-7-11-9(5-1)10-6-2-4-8-12(10)13-11/h1,3-4,7-9,13H,2,5-6H2. The topological polar surface area (TPSA) is 12.0 Å². The van der Waals surface area contributed by atoms with Crippen LogP contribution in [0.25, 0.3) is 0 Å². The molecule has 66 valence electrons. The Balaban J connectivity index is 2.01. The summed E-state index contributed by atoms with van der Waals surface area (Å²) in [4.78, 5) is 0. The highest BCUT2D eigenvalue weighted by Crippen LogP contribution is 2.38. The van der Waals surface area contributed by atoms with Crippen molar-refractivity contribution in [2.45, 2.75) is 19.3 Å². The minimum atomic E-state index is 0.671. The summed E-state index contributed by atoms with van der Waals surface area (Å²) in [5.41, 5.74) is 4.39. The van der Waals surface area contributed by atoms with E-state index in [1.165, 1.54) is 30.7 Å². The first-order chi connectivity index (χ1) is 6.45. The van der Waals surface area contributed by atoms with E-state index in [-0.39, 0.29) is 0 Å². The van der Waals surface area contributed by atoms with Crippen molar-refractivity contribution in [1.82, 2.24) is 5.32 Å². The summed E-state index contributed by atoms with van der Waals surface area (Å²) < 4.78 is 0. The smallest absolute Gasteiger partial charge is 0.0377 e. The Morgan fingerprint density at radius 2 is 2.31 bits per heavy atom. The SMILES string of the molecule is C1=CCC2C(=C1)NC1=C2CCC=C1. The van der Waals surface area contributed by atoms with E-state index in [0.29, 0.717) is 5.92 Å².